The van der Waals surface area contributed by atoms with Crippen LogP contribution in [0.5, 0.6) is 0 Å². The maximum absolute atomic E-state index is 6.49. The standard InChI is InChI=1S/C16H28O/c1-2-8-14(9-3-1)16(12-6-7-13-17-16)15-10-4-5-11-15/h14-15H,1-13H2. The van der Waals surface area contributed by atoms with Gasteiger partial charge < -0.3 is 4.74 Å². The van der Waals surface area contributed by atoms with E-state index < -0.39 is 0 Å². The summed E-state index contributed by atoms with van der Waals surface area (Å²) >= 11 is 0. The van der Waals surface area contributed by atoms with Crippen LogP contribution in [0.4, 0.5) is 0 Å². The molecule has 0 aromatic rings. The van der Waals surface area contributed by atoms with E-state index in [1.165, 1.54) is 77.0 Å². The number of ether oxygens (including phenoxy) is 1. The highest BCUT2D eigenvalue weighted by Gasteiger charge is 2.47. The molecule has 0 spiro atoms. The molecule has 2 aliphatic carbocycles. The summed E-state index contributed by atoms with van der Waals surface area (Å²) in [6, 6.07) is 0. The molecule has 0 N–H and O–H groups in total. The molecule has 2 saturated carbocycles. The molecule has 0 aromatic carbocycles. The highest BCUT2D eigenvalue weighted by atomic mass is 16.5. The first-order valence-electron chi connectivity index (χ1n) is 8.06. The smallest absolute Gasteiger partial charge is 0.0738 e. The number of rotatable bonds is 2. The Labute approximate surface area is 106 Å². The van der Waals surface area contributed by atoms with Gasteiger partial charge in [0.2, 0.25) is 0 Å². The van der Waals surface area contributed by atoms with Crippen molar-refractivity contribution in [2.45, 2.75) is 82.7 Å². The van der Waals surface area contributed by atoms with Crippen LogP contribution in [0.1, 0.15) is 77.0 Å². The molecule has 3 rings (SSSR count). The molecule has 1 aliphatic heterocycles. The van der Waals surface area contributed by atoms with Gasteiger partial charge in [0.25, 0.3) is 0 Å². The summed E-state index contributed by atoms with van der Waals surface area (Å²) < 4.78 is 6.49. The Morgan fingerprint density at radius 3 is 1.76 bits per heavy atom. The molecule has 0 bridgehead atoms. The van der Waals surface area contributed by atoms with Crippen LogP contribution >= 0.6 is 0 Å². The van der Waals surface area contributed by atoms with Crippen LogP contribution in [0.15, 0.2) is 0 Å². The molecule has 17 heavy (non-hydrogen) atoms. The topological polar surface area (TPSA) is 9.23 Å². The lowest BCUT2D eigenvalue weighted by atomic mass is 9.67. The number of hydrogen-bond acceptors (Lipinski definition) is 1. The molecule has 3 aliphatic rings. The van der Waals surface area contributed by atoms with Gasteiger partial charge in [-0.15, -0.1) is 0 Å². The zero-order chi connectivity index (χ0) is 11.6. The second-order valence-electron chi connectivity index (χ2n) is 6.58. The zero-order valence-electron chi connectivity index (χ0n) is 11.3. The minimum atomic E-state index is 0.329. The molecular weight excluding hydrogens is 208 g/mol. The second-order valence-corrected chi connectivity index (χ2v) is 6.58. The van der Waals surface area contributed by atoms with Gasteiger partial charge in [-0.05, 0) is 56.8 Å². The fourth-order valence-electron chi connectivity index (χ4n) is 4.82. The van der Waals surface area contributed by atoms with Crippen LogP contribution < -0.4 is 0 Å². The molecule has 1 unspecified atom stereocenters. The van der Waals surface area contributed by atoms with Crippen LogP contribution in [0.3, 0.4) is 0 Å². The van der Waals surface area contributed by atoms with Gasteiger partial charge in [0, 0.05) is 6.61 Å². The highest BCUT2D eigenvalue weighted by Crippen LogP contribution is 2.49. The molecule has 1 atom stereocenters. The first-order valence-corrected chi connectivity index (χ1v) is 8.06. The van der Waals surface area contributed by atoms with Crippen LogP contribution in [0.2, 0.25) is 0 Å². The molecule has 0 amide bonds. The molecule has 1 nitrogen and oxygen atoms in total. The third-order valence-electron chi connectivity index (χ3n) is 5.68. The molecule has 3 fully saturated rings. The van der Waals surface area contributed by atoms with Crippen molar-refractivity contribution < 1.29 is 4.74 Å². The van der Waals surface area contributed by atoms with Crippen LogP contribution in [-0.2, 0) is 4.74 Å². The van der Waals surface area contributed by atoms with Crippen molar-refractivity contribution in [2.75, 3.05) is 6.61 Å². The minimum Gasteiger partial charge on any atom is -0.374 e. The Kier molecular flexibility index (Phi) is 3.75. The van der Waals surface area contributed by atoms with E-state index in [1.807, 2.05) is 0 Å². The van der Waals surface area contributed by atoms with E-state index >= 15 is 0 Å². The predicted octanol–water partition coefficient (Wildman–Crippen LogP) is 4.70. The summed E-state index contributed by atoms with van der Waals surface area (Å²) in [7, 11) is 0. The normalized spacial score (nSPS) is 37.4. The fourth-order valence-corrected chi connectivity index (χ4v) is 4.82. The van der Waals surface area contributed by atoms with E-state index in [1.54, 1.807) is 0 Å². The summed E-state index contributed by atoms with van der Waals surface area (Å²) in [6.45, 7) is 1.05. The SMILES string of the molecule is C1CCC(C2(C3CCCC3)CCCCO2)CC1. The monoisotopic (exact) mass is 236 g/mol. The Balaban J connectivity index is 1.78. The Hall–Kier alpha value is -0.0400. The van der Waals surface area contributed by atoms with E-state index in [2.05, 4.69) is 0 Å². The molecular formula is C16H28O. The second kappa shape index (κ2) is 5.30. The van der Waals surface area contributed by atoms with Gasteiger partial charge in [0.1, 0.15) is 0 Å². The molecule has 0 radical (unpaired) electrons. The largest absolute Gasteiger partial charge is 0.374 e. The van der Waals surface area contributed by atoms with E-state index in [0.717, 1.165) is 18.4 Å². The van der Waals surface area contributed by atoms with E-state index in [9.17, 15) is 0 Å². The quantitative estimate of drug-likeness (QED) is 0.675. The van der Waals surface area contributed by atoms with E-state index in [-0.39, 0.29) is 0 Å². The van der Waals surface area contributed by atoms with Crippen molar-refractivity contribution in [3.8, 4) is 0 Å². The van der Waals surface area contributed by atoms with Gasteiger partial charge in [-0.1, -0.05) is 32.1 Å². The summed E-state index contributed by atoms with van der Waals surface area (Å²) in [5.74, 6) is 1.81. The van der Waals surface area contributed by atoms with Crippen molar-refractivity contribution in [3.63, 3.8) is 0 Å². The molecule has 1 heterocycles. The lowest BCUT2D eigenvalue weighted by Crippen LogP contribution is -2.49. The van der Waals surface area contributed by atoms with Crippen molar-refractivity contribution in [1.82, 2.24) is 0 Å². The van der Waals surface area contributed by atoms with Gasteiger partial charge >= 0.3 is 0 Å². The molecule has 1 saturated heterocycles. The van der Waals surface area contributed by atoms with Gasteiger partial charge in [-0.25, -0.2) is 0 Å². The Bertz CT molecular complexity index is 230. The van der Waals surface area contributed by atoms with E-state index in [0.29, 0.717) is 5.60 Å². The van der Waals surface area contributed by atoms with Gasteiger partial charge in [0.05, 0.1) is 5.60 Å². The minimum absolute atomic E-state index is 0.329. The summed E-state index contributed by atoms with van der Waals surface area (Å²) in [4.78, 5) is 0. The van der Waals surface area contributed by atoms with Crippen molar-refractivity contribution in [1.29, 1.82) is 0 Å². The highest BCUT2D eigenvalue weighted by molar-refractivity contribution is 4.98. The molecule has 1 heteroatoms. The van der Waals surface area contributed by atoms with Crippen molar-refractivity contribution >= 4 is 0 Å². The molecule has 98 valence electrons. The maximum atomic E-state index is 6.49. The summed E-state index contributed by atoms with van der Waals surface area (Å²) in [5.41, 5.74) is 0.329. The Morgan fingerprint density at radius 1 is 0.647 bits per heavy atom. The lowest BCUT2D eigenvalue weighted by Gasteiger charge is -2.49. The van der Waals surface area contributed by atoms with Crippen molar-refractivity contribution in [3.05, 3.63) is 0 Å². The number of hydrogen-bond donors (Lipinski definition) is 0. The Morgan fingerprint density at radius 2 is 1.24 bits per heavy atom. The van der Waals surface area contributed by atoms with Gasteiger partial charge in [-0.3, -0.25) is 0 Å². The van der Waals surface area contributed by atoms with E-state index in [4.69, 9.17) is 4.74 Å². The van der Waals surface area contributed by atoms with Crippen molar-refractivity contribution in [2.24, 2.45) is 11.8 Å². The average Bonchev–Trinajstić information content (AvgIpc) is 2.95. The van der Waals surface area contributed by atoms with Gasteiger partial charge in [0.15, 0.2) is 0 Å². The third kappa shape index (κ3) is 2.28. The third-order valence-corrected chi connectivity index (χ3v) is 5.68. The molecule has 0 aromatic heterocycles. The first kappa shape index (κ1) is 12.0. The zero-order valence-corrected chi connectivity index (χ0v) is 11.3. The maximum Gasteiger partial charge on any atom is 0.0738 e. The lowest BCUT2D eigenvalue weighted by molar-refractivity contribution is -0.158. The van der Waals surface area contributed by atoms with Crippen LogP contribution in [-0.4, -0.2) is 12.2 Å². The summed E-state index contributed by atoms with van der Waals surface area (Å²) in [6.07, 6.45) is 17.2. The van der Waals surface area contributed by atoms with Crippen LogP contribution in [0.25, 0.3) is 0 Å². The predicted molar refractivity (Wildman–Crippen MR) is 71.1 cm³/mol. The average molecular weight is 236 g/mol. The van der Waals surface area contributed by atoms with Gasteiger partial charge in [-0.2, -0.15) is 0 Å². The first-order chi connectivity index (χ1) is 8.42. The van der Waals surface area contributed by atoms with Crippen LogP contribution in [0, 0.1) is 11.8 Å². The fraction of sp³-hybridized carbons (Fsp3) is 1.00. The summed E-state index contributed by atoms with van der Waals surface area (Å²) in [5, 5.41) is 0.